The highest BCUT2D eigenvalue weighted by molar-refractivity contribution is 14.1. The molecule has 0 N–H and O–H groups in total. The third-order valence-electron chi connectivity index (χ3n) is 3.26. The Labute approximate surface area is 128 Å². The lowest BCUT2D eigenvalue weighted by atomic mass is 10.0. The van der Waals surface area contributed by atoms with Crippen molar-refractivity contribution in [1.29, 1.82) is 0 Å². The van der Waals surface area contributed by atoms with E-state index in [-0.39, 0.29) is 11.9 Å². The minimum atomic E-state index is -0.347. The summed E-state index contributed by atoms with van der Waals surface area (Å²) in [6.45, 7) is 0. The predicted octanol–water partition coefficient (Wildman–Crippen LogP) is 1.96. The van der Waals surface area contributed by atoms with E-state index in [9.17, 15) is 0 Å². The molecule has 0 saturated heterocycles. The summed E-state index contributed by atoms with van der Waals surface area (Å²) in [5.41, 5.74) is 0.877. The van der Waals surface area contributed by atoms with Crippen LogP contribution in [0.3, 0.4) is 0 Å². The van der Waals surface area contributed by atoms with Crippen LogP contribution in [-0.2, 0) is 0 Å². The predicted molar refractivity (Wildman–Crippen MR) is 84.3 cm³/mol. The summed E-state index contributed by atoms with van der Waals surface area (Å²) in [5, 5.41) is 14.9. The van der Waals surface area contributed by atoms with Crippen molar-refractivity contribution in [2.45, 2.75) is 42.4 Å². The van der Waals surface area contributed by atoms with Crippen LogP contribution >= 0.6 is 32.0 Å². The van der Waals surface area contributed by atoms with Gasteiger partial charge < -0.3 is 0 Å². The molecule has 7 heteroatoms. The average molecular weight is 388 g/mol. The van der Waals surface area contributed by atoms with E-state index < -0.39 is 0 Å². The smallest absolute Gasteiger partial charge is 0.214 e. The largest absolute Gasteiger partial charge is 0.438 e. The van der Waals surface area contributed by atoms with Crippen molar-refractivity contribution in [2.75, 3.05) is 0 Å². The lowest BCUT2D eigenvalue weighted by Gasteiger charge is -2.20. The van der Waals surface area contributed by atoms with Gasteiger partial charge in [0.05, 0.1) is 4.69 Å². The second-order valence-electron chi connectivity index (χ2n) is 4.57. The van der Waals surface area contributed by atoms with E-state index in [0.717, 1.165) is 20.6 Å². The van der Waals surface area contributed by atoms with E-state index in [1.807, 2.05) is 22.3 Å². The fourth-order valence-corrected chi connectivity index (χ4v) is 5.40. The van der Waals surface area contributed by atoms with Crippen LogP contribution in [0.1, 0.15) is 32.1 Å². The van der Waals surface area contributed by atoms with Crippen molar-refractivity contribution in [3.05, 3.63) is 12.1 Å². The maximum atomic E-state index is 4.68. The van der Waals surface area contributed by atoms with E-state index in [2.05, 4.69) is 41.6 Å². The first-order chi connectivity index (χ1) is 8.86. The van der Waals surface area contributed by atoms with Gasteiger partial charge in [-0.05, 0) is 25.0 Å². The summed E-state index contributed by atoms with van der Waals surface area (Å²) in [4.78, 5) is 0. The van der Waals surface area contributed by atoms with Crippen molar-refractivity contribution in [1.82, 2.24) is 19.8 Å². The molecule has 2 aromatic heterocycles. The minimum Gasteiger partial charge on any atom is -0.214 e. The van der Waals surface area contributed by atoms with E-state index >= 15 is 0 Å². The molecule has 94 valence electrons. The van der Waals surface area contributed by atoms with Crippen LogP contribution in [0.5, 0.6) is 0 Å². The van der Waals surface area contributed by atoms with Crippen molar-refractivity contribution in [3.63, 3.8) is 0 Å². The maximum absolute atomic E-state index is 4.68. The van der Waals surface area contributed by atoms with Crippen LogP contribution in [0.2, 0.25) is 0 Å². The third kappa shape index (κ3) is 2.84. The summed E-state index contributed by atoms with van der Waals surface area (Å²) in [7, 11) is 0. The molecule has 0 amide bonds. The summed E-state index contributed by atoms with van der Waals surface area (Å²) in [6, 6.07) is 4.12. The highest BCUT2D eigenvalue weighted by Gasteiger charge is 2.16. The Balaban J connectivity index is 1.83. The second kappa shape index (κ2) is 6.08. The number of aromatic nitrogens is 4. The zero-order valence-corrected chi connectivity index (χ0v) is 14.4. The molecule has 4 nitrogen and oxygen atoms in total. The van der Waals surface area contributed by atoms with Gasteiger partial charge in [-0.1, -0.05) is 19.3 Å². The number of thioether (sulfide) groups is 1. The Morgan fingerprint density at radius 2 is 2.06 bits per heavy atom. The third-order valence-corrected chi connectivity index (χ3v) is 7.25. The van der Waals surface area contributed by atoms with Crippen LogP contribution in [0.4, 0.5) is 0 Å². The summed E-state index contributed by atoms with van der Waals surface area (Å²) in [5.74, 6) is 0. The number of nitrogens with zero attached hydrogens (tertiary/aromatic N) is 4. The Morgan fingerprint density at radius 1 is 1.22 bits per heavy atom. The fourth-order valence-electron chi connectivity index (χ4n) is 2.32. The number of hydrogen-bond acceptors (Lipinski definition) is 4. The molecule has 2 aromatic rings. The SMILES string of the molecule is [I][AlH][c]1nnc2ccc(SC3CCCCC3)nn12. The van der Waals surface area contributed by atoms with Crippen LogP contribution in [0.15, 0.2) is 17.2 Å². The Kier molecular flexibility index (Phi) is 4.44. The quantitative estimate of drug-likeness (QED) is 0.596. The van der Waals surface area contributed by atoms with E-state index in [4.69, 9.17) is 0 Å². The van der Waals surface area contributed by atoms with Gasteiger partial charge in [-0.15, -0.1) is 16.9 Å². The number of hydrogen-bond donors (Lipinski definition) is 0. The van der Waals surface area contributed by atoms with Crippen molar-refractivity contribution in [2.24, 2.45) is 0 Å². The zero-order chi connectivity index (χ0) is 12.4. The lowest BCUT2D eigenvalue weighted by Crippen LogP contribution is -2.20. The Morgan fingerprint density at radius 3 is 2.83 bits per heavy atom. The highest BCUT2D eigenvalue weighted by atomic mass is 127. The van der Waals surface area contributed by atoms with E-state index in [1.165, 1.54) is 32.1 Å². The minimum absolute atomic E-state index is 0.347. The Hall–Kier alpha value is 0.162. The maximum Gasteiger partial charge on any atom is 0.438 e. The highest BCUT2D eigenvalue weighted by Crippen LogP contribution is 2.32. The normalized spacial score (nSPS) is 17.2. The van der Waals surface area contributed by atoms with Gasteiger partial charge in [-0.2, -0.15) is 10.2 Å². The average Bonchev–Trinajstić information content (AvgIpc) is 2.82. The monoisotopic (exact) mass is 388 g/mol. The van der Waals surface area contributed by atoms with Gasteiger partial charge in [0, 0.05) is 5.25 Å². The van der Waals surface area contributed by atoms with Crippen LogP contribution in [0, 0.1) is 0 Å². The summed E-state index contributed by atoms with van der Waals surface area (Å²) in [6.07, 6.45) is 6.82. The number of rotatable bonds is 3. The molecule has 0 bridgehead atoms. The standard InChI is InChI=1S/C11H13N4S.Al.HI.H/c1-2-4-9(5-3-1)16-11-7-6-10-13-12-8-15(10)14-11;;;/h6-7,9H,1-5H2;;1H;/q;+1;;/p-1. The molecule has 3 rings (SSSR count). The first-order valence-corrected chi connectivity index (χ1v) is 13.0. The van der Waals surface area contributed by atoms with E-state index in [0.29, 0.717) is 0 Å². The molecule has 18 heavy (non-hydrogen) atoms. The van der Waals surface area contributed by atoms with Gasteiger partial charge >= 0.3 is 11.9 Å². The van der Waals surface area contributed by atoms with Gasteiger partial charge in [0.2, 0.25) is 0 Å². The Bertz CT molecular complexity index is 541. The number of fused-ring (bicyclic) bond motifs is 1. The van der Waals surface area contributed by atoms with Crippen LogP contribution in [0.25, 0.3) is 5.65 Å². The second-order valence-corrected chi connectivity index (χ2v) is 9.08. The van der Waals surface area contributed by atoms with Crippen LogP contribution < -0.4 is 4.69 Å². The molecule has 1 aliphatic carbocycles. The lowest BCUT2D eigenvalue weighted by molar-refractivity contribution is 0.515. The molecular weight excluding hydrogens is 374 g/mol. The fraction of sp³-hybridized carbons (Fsp3) is 0.545. The molecule has 0 aromatic carbocycles. The van der Waals surface area contributed by atoms with Gasteiger partial charge in [0.15, 0.2) is 5.65 Å². The van der Waals surface area contributed by atoms with Crippen molar-refractivity contribution >= 4 is 54.3 Å². The molecule has 0 radical (unpaired) electrons. The molecule has 1 aliphatic rings. The molecule has 2 heterocycles. The molecular formula is C11H14AlIN4S. The first-order valence-electron chi connectivity index (χ1n) is 6.31. The van der Waals surface area contributed by atoms with Gasteiger partial charge in [0.1, 0.15) is 5.03 Å². The van der Waals surface area contributed by atoms with Gasteiger partial charge in [-0.3, -0.25) is 0 Å². The topological polar surface area (TPSA) is 43.1 Å². The zero-order valence-electron chi connectivity index (χ0n) is 10.0. The molecule has 0 atom stereocenters. The molecule has 1 saturated carbocycles. The number of halogens is 1. The summed E-state index contributed by atoms with van der Waals surface area (Å²) >= 11 is 4.01. The van der Waals surface area contributed by atoms with E-state index in [1.54, 1.807) is 0 Å². The van der Waals surface area contributed by atoms with Gasteiger partial charge in [-0.25, -0.2) is 24.8 Å². The summed E-state index contributed by atoms with van der Waals surface area (Å²) < 4.78 is 3.00. The molecule has 0 spiro atoms. The van der Waals surface area contributed by atoms with Crippen LogP contribution in [-0.4, -0.2) is 37.0 Å². The molecule has 1 fully saturated rings. The van der Waals surface area contributed by atoms with Crippen molar-refractivity contribution < 1.29 is 0 Å². The van der Waals surface area contributed by atoms with Crippen molar-refractivity contribution in [3.8, 4) is 0 Å². The van der Waals surface area contributed by atoms with Gasteiger partial charge in [0.25, 0.3) is 0 Å². The molecule has 0 unspecified atom stereocenters. The first kappa shape index (κ1) is 13.2. The molecule has 0 aliphatic heterocycles.